The molecule has 6 nitrogen and oxygen atoms in total. The SMILES string of the molecule is CC1(C(=O)O)CCN(C(=O)c2cnns2)CC1. The van der Waals surface area contributed by atoms with Crippen LogP contribution in [0.4, 0.5) is 0 Å². The van der Waals surface area contributed by atoms with E-state index in [9.17, 15) is 9.59 Å². The highest BCUT2D eigenvalue weighted by Gasteiger charge is 2.38. The van der Waals surface area contributed by atoms with Gasteiger partial charge in [0, 0.05) is 13.1 Å². The fraction of sp³-hybridized carbons (Fsp3) is 0.600. The van der Waals surface area contributed by atoms with Crippen molar-refractivity contribution in [3.05, 3.63) is 11.1 Å². The summed E-state index contributed by atoms with van der Waals surface area (Å²) in [4.78, 5) is 25.2. The smallest absolute Gasteiger partial charge is 0.309 e. The molecule has 1 fully saturated rings. The Morgan fingerprint density at radius 1 is 1.47 bits per heavy atom. The highest BCUT2D eigenvalue weighted by atomic mass is 32.1. The van der Waals surface area contributed by atoms with Crippen LogP contribution in [0, 0.1) is 5.41 Å². The second-order valence-corrected chi connectivity index (χ2v) is 5.23. The summed E-state index contributed by atoms with van der Waals surface area (Å²) in [5.41, 5.74) is -0.706. The van der Waals surface area contributed by atoms with Crippen LogP contribution < -0.4 is 0 Å². The number of nitrogens with zero attached hydrogens (tertiary/aromatic N) is 3. The molecule has 17 heavy (non-hydrogen) atoms. The lowest BCUT2D eigenvalue weighted by molar-refractivity contribution is -0.150. The van der Waals surface area contributed by atoms with Gasteiger partial charge in [-0.2, -0.15) is 0 Å². The summed E-state index contributed by atoms with van der Waals surface area (Å²) in [5, 5.41) is 12.7. The molecule has 1 aromatic heterocycles. The van der Waals surface area contributed by atoms with Crippen LogP contribution in [0.1, 0.15) is 29.4 Å². The maximum absolute atomic E-state index is 12.0. The first-order valence-corrected chi connectivity index (χ1v) is 6.10. The molecule has 7 heteroatoms. The Bertz CT molecular complexity index is 424. The molecule has 0 unspecified atom stereocenters. The lowest BCUT2D eigenvalue weighted by Crippen LogP contribution is -2.45. The zero-order chi connectivity index (χ0) is 12.5. The van der Waals surface area contributed by atoms with Crippen molar-refractivity contribution in [3.8, 4) is 0 Å². The number of piperidine rings is 1. The average molecular weight is 255 g/mol. The summed E-state index contributed by atoms with van der Waals surface area (Å²) in [6.45, 7) is 2.67. The quantitative estimate of drug-likeness (QED) is 0.847. The van der Waals surface area contributed by atoms with E-state index < -0.39 is 11.4 Å². The molecule has 1 N–H and O–H groups in total. The molecule has 0 spiro atoms. The van der Waals surface area contributed by atoms with Crippen LogP contribution in [-0.4, -0.2) is 44.6 Å². The Hall–Kier alpha value is -1.50. The van der Waals surface area contributed by atoms with Crippen molar-refractivity contribution in [2.24, 2.45) is 5.41 Å². The molecule has 1 aliphatic rings. The molecule has 0 atom stereocenters. The minimum atomic E-state index is -0.788. The number of aromatic nitrogens is 2. The Morgan fingerprint density at radius 2 is 2.12 bits per heavy atom. The van der Waals surface area contributed by atoms with Gasteiger partial charge in [-0.1, -0.05) is 4.49 Å². The summed E-state index contributed by atoms with van der Waals surface area (Å²) in [5.74, 6) is -0.892. The number of carboxylic acid groups (broad SMARTS) is 1. The molecule has 0 aliphatic carbocycles. The largest absolute Gasteiger partial charge is 0.481 e. The summed E-state index contributed by atoms with van der Waals surface area (Å²) in [6, 6.07) is 0. The highest BCUT2D eigenvalue weighted by Crippen LogP contribution is 2.31. The van der Waals surface area contributed by atoms with Crippen LogP contribution >= 0.6 is 11.5 Å². The van der Waals surface area contributed by atoms with Crippen molar-refractivity contribution in [1.82, 2.24) is 14.5 Å². The van der Waals surface area contributed by atoms with Gasteiger partial charge in [0.15, 0.2) is 0 Å². The topological polar surface area (TPSA) is 83.4 Å². The summed E-state index contributed by atoms with van der Waals surface area (Å²) < 4.78 is 3.64. The molecule has 1 aliphatic heterocycles. The van der Waals surface area contributed by atoms with Crippen LogP contribution in [0.25, 0.3) is 0 Å². The maximum Gasteiger partial charge on any atom is 0.309 e. The fourth-order valence-electron chi connectivity index (χ4n) is 1.83. The van der Waals surface area contributed by atoms with Crippen molar-refractivity contribution in [3.63, 3.8) is 0 Å². The summed E-state index contributed by atoms with van der Waals surface area (Å²) >= 11 is 1.06. The Balaban J connectivity index is 2.00. The average Bonchev–Trinajstić information content (AvgIpc) is 2.82. The number of carboxylic acids is 1. The summed E-state index contributed by atoms with van der Waals surface area (Å²) in [7, 11) is 0. The zero-order valence-corrected chi connectivity index (χ0v) is 10.2. The lowest BCUT2D eigenvalue weighted by atomic mass is 9.80. The first kappa shape index (κ1) is 12.0. The molecule has 0 radical (unpaired) electrons. The van der Waals surface area contributed by atoms with Gasteiger partial charge in [-0.05, 0) is 31.3 Å². The van der Waals surface area contributed by atoms with E-state index >= 15 is 0 Å². The van der Waals surface area contributed by atoms with Crippen LogP contribution in [-0.2, 0) is 4.79 Å². The second kappa shape index (κ2) is 4.40. The highest BCUT2D eigenvalue weighted by molar-refractivity contribution is 7.07. The zero-order valence-electron chi connectivity index (χ0n) is 9.42. The van der Waals surface area contributed by atoms with Gasteiger partial charge in [0.25, 0.3) is 5.91 Å². The van der Waals surface area contributed by atoms with E-state index in [4.69, 9.17) is 5.11 Å². The number of aliphatic carboxylic acids is 1. The van der Waals surface area contributed by atoms with Crippen molar-refractivity contribution in [2.45, 2.75) is 19.8 Å². The van der Waals surface area contributed by atoms with Gasteiger partial charge in [-0.3, -0.25) is 9.59 Å². The normalized spacial score (nSPS) is 19.0. The van der Waals surface area contributed by atoms with E-state index in [1.165, 1.54) is 6.20 Å². The van der Waals surface area contributed by atoms with Gasteiger partial charge >= 0.3 is 5.97 Å². The second-order valence-electron chi connectivity index (χ2n) is 4.44. The number of likely N-dealkylation sites (tertiary alicyclic amines) is 1. The minimum absolute atomic E-state index is 0.104. The number of carbonyl (C=O) groups is 2. The van der Waals surface area contributed by atoms with Gasteiger partial charge in [-0.15, -0.1) is 5.10 Å². The van der Waals surface area contributed by atoms with Gasteiger partial charge in [0.2, 0.25) is 0 Å². The molecule has 1 aromatic rings. The first-order chi connectivity index (χ1) is 8.03. The third-order valence-electron chi connectivity index (χ3n) is 3.24. The van der Waals surface area contributed by atoms with Crippen molar-refractivity contribution >= 4 is 23.4 Å². The van der Waals surface area contributed by atoms with Crippen molar-refractivity contribution < 1.29 is 14.7 Å². The fourth-order valence-corrected chi connectivity index (χ4v) is 2.32. The predicted molar refractivity (Wildman–Crippen MR) is 60.8 cm³/mol. The van der Waals surface area contributed by atoms with E-state index in [2.05, 4.69) is 9.59 Å². The van der Waals surface area contributed by atoms with E-state index in [0.717, 1.165) is 11.5 Å². The molecular weight excluding hydrogens is 242 g/mol. The molecule has 2 rings (SSSR count). The molecular formula is C10H13N3O3S. The monoisotopic (exact) mass is 255 g/mol. The molecule has 1 amide bonds. The van der Waals surface area contributed by atoms with Gasteiger partial charge in [0.1, 0.15) is 4.88 Å². The number of amides is 1. The van der Waals surface area contributed by atoms with Gasteiger partial charge in [-0.25, -0.2) is 0 Å². The molecule has 0 aromatic carbocycles. The van der Waals surface area contributed by atoms with E-state index in [-0.39, 0.29) is 5.91 Å². The van der Waals surface area contributed by atoms with Crippen molar-refractivity contribution in [1.29, 1.82) is 0 Å². The van der Waals surface area contributed by atoms with Crippen molar-refractivity contribution in [2.75, 3.05) is 13.1 Å². The molecule has 0 bridgehead atoms. The third-order valence-corrected chi connectivity index (χ3v) is 3.90. The first-order valence-electron chi connectivity index (χ1n) is 5.33. The van der Waals surface area contributed by atoms with Crippen LogP contribution in [0.2, 0.25) is 0 Å². The van der Waals surface area contributed by atoms with Crippen LogP contribution in [0.5, 0.6) is 0 Å². The Kier molecular flexibility index (Phi) is 3.10. The molecule has 2 heterocycles. The molecule has 92 valence electrons. The lowest BCUT2D eigenvalue weighted by Gasteiger charge is -2.36. The minimum Gasteiger partial charge on any atom is -0.481 e. The molecule has 1 saturated heterocycles. The van der Waals surface area contributed by atoms with E-state index in [1.54, 1.807) is 11.8 Å². The number of hydrogen-bond acceptors (Lipinski definition) is 5. The van der Waals surface area contributed by atoms with Crippen LogP contribution in [0.3, 0.4) is 0 Å². The predicted octanol–water partition coefficient (Wildman–Crippen LogP) is 0.865. The number of rotatable bonds is 2. The van der Waals surface area contributed by atoms with Crippen LogP contribution in [0.15, 0.2) is 6.20 Å². The number of hydrogen-bond donors (Lipinski definition) is 1. The third kappa shape index (κ3) is 2.28. The Labute approximate surface area is 102 Å². The molecule has 0 saturated carbocycles. The van der Waals surface area contributed by atoms with Gasteiger partial charge in [0.05, 0.1) is 11.6 Å². The van der Waals surface area contributed by atoms with Gasteiger partial charge < -0.3 is 10.0 Å². The maximum atomic E-state index is 12.0. The standard InChI is InChI=1S/C10H13N3O3S/c1-10(9(15)16)2-4-13(5-3-10)8(14)7-6-11-12-17-7/h6H,2-5H2,1H3,(H,15,16). The van der Waals surface area contributed by atoms with E-state index in [1.807, 2.05) is 0 Å². The van der Waals surface area contributed by atoms with E-state index in [0.29, 0.717) is 30.8 Å². The Morgan fingerprint density at radius 3 is 2.59 bits per heavy atom. The number of carbonyl (C=O) groups excluding carboxylic acids is 1. The summed E-state index contributed by atoms with van der Waals surface area (Å²) in [6.07, 6.45) is 2.42.